The van der Waals surface area contributed by atoms with Crippen LogP contribution in [-0.4, -0.2) is 37.6 Å². The Labute approximate surface area is 115 Å². The number of carbonyl (C=O) groups excluding carboxylic acids is 1. The van der Waals surface area contributed by atoms with Gasteiger partial charge in [0.15, 0.2) is 0 Å². The summed E-state index contributed by atoms with van der Waals surface area (Å²) < 4.78 is 5.35. The Kier molecular flexibility index (Phi) is 4.97. The number of rotatable bonds is 4. The molecule has 0 bridgehead atoms. The largest absolute Gasteiger partial charge is 0.381 e. The van der Waals surface area contributed by atoms with E-state index in [0.29, 0.717) is 12.3 Å². The van der Waals surface area contributed by atoms with E-state index in [1.165, 1.54) is 5.56 Å². The zero-order valence-electron chi connectivity index (χ0n) is 11.9. The van der Waals surface area contributed by atoms with Gasteiger partial charge in [-0.25, -0.2) is 0 Å². The van der Waals surface area contributed by atoms with Gasteiger partial charge >= 0.3 is 0 Å². The number of aryl methyl sites for hydroxylation is 1. The lowest BCUT2D eigenvalue weighted by atomic mass is 9.99. The monoisotopic (exact) mass is 261 g/mol. The Bertz CT molecular complexity index is 425. The van der Waals surface area contributed by atoms with Gasteiger partial charge in [0.05, 0.1) is 6.42 Å². The minimum atomic E-state index is 0.206. The molecule has 2 rings (SSSR count). The predicted octanol–water partition coefficient (Wildman–Crippen LogP) is 2.42. The van der Waals surface area contributed by atoms with Gasteiger partial charge in [0.25, 0.3) is 0 Å². The molecule has 0 saturated carbocycles. The summed E-state index contributed by atoms with van der Waals surface area (Å²) in [4.78, 5) is 14.1. The van der Waals surface area contributed by atoms with Gasteiger partial charge in [0.2, 0.25) is 5.91 Å². The van der Waals surface area contributed by atoms with E-state index >= 15 is 0 Å². The van der Waals surface area contributed by atoms with Crippen molar-refractivity contribution < 1.29 is 9.53 Å². The van der Waals surface area contributed by atoms with E-state index in [1.807, 2.05) is 24.1 Å². The Morgan fingerprint density at radius 3 is 2.79 bits per heavy atom. The average Bonchev–Trinajstić information content (AvgIpc) is 2.40. The van der Waals surface area contributed by atoms with Crippen LogP contribution in [0.4, 0.5) is 0 Å². The molecule has 0 N–H and O–H groups in total. The summed E-state index contributed by atoms with van der Waals surface area (Å²) in [5.74, 6) is 0.803. The van der Waals surface area contributed by atoms with Crippen molar-refractivity contribution in [3.05, 3.63) is 35.4 Å². The summed E-state index contributed by atoms with van der Waals surface area (Å²) in [5, 5.41) is 0. The number of likely N-dealkylation sites (N-methyl/N-ethyl adjacent to an activating group) is 1. The first kappa shape index (κ1) is 14.1. The summed E-state index contributed by atoms with van der Waals surface area (Å²) in [7, 11) is 1.91. The van der Waals surface area contributed by atoms with Crippen LogP contribution in [0.1, 0.15) is 24.0 Å². The smallest absolute Gasteiger partial charge is 0.226 e. The van der Waals surface area contributed by atoms with E-state index in [-0.39, 0.29) is 5.91 Å². The normalized spacial score (nSPS) is 16.3. The van der Waals surface area contributed by atoms with Crippen LogP contribution in [0.2, 0.25) is 0 Å². The first-order valence-corrected chi connectivity index (χ1v) is 7.02. The second-order valence-electron chi connectivity index (χ2n) is 5.50. The molecule has 1 fully saturated rings. The van der Waals surface area contributed by atoms with Crippen molar-refractivity contribution in [2.24, 2.45) is 5.92 Å². The third kappa shape index (κ3) is 4.35. The van der Waals surface area contributed by atoms with Crippen LogP contribution in [0.15, 0.2) is 24.3 Å². The van der Waals surface area contributed by atoms with Crippen LogP contribution in [-0.2, 0) is 16.0 Å². The Morgan fingerprint density at radius 1 is 1.37 bits per heavy atom. The van der Waals surface area contributed by atoms with E-state index in [9.17, 15) is 4.79 Å². The van der Waals surface area contributed by atoms with Gasteiger partial charge in [-0.3, -0.25) is 4.79 Å². The van der Waals surface area contributed by atoms with Crippen molar-refractivity contribution in [3.8, 4) is 0 Å². The maximum Gasteiger partial charge on any atom is 0.226 e. The minimum absolute atomic E-state index is 0.206. The third-order valence-corrected chi connectivity index (χ3v) is 3.74. The van der Waals surface area contributed by atoms with Crippen molar-refractivity contribution in [2.45, 2.75) is 26.2 Å². The summed E-state index contributed by atoms with van der Waals surface area (Å²) in [6.07, 6.45) is 2.64. The molecule has 0 aliphatic carbocycles. The van der Waals surface area contributed by atoms with E-state index < -0.39 is 0 Å². The second kappa shape index (κ2) is 6.71. The molecular weight excluding hydrogens is 238 g/mol. The standard InChI is InChI=1S/C16H23NO2/c1-13-4-3-5-15(10-13)11-16(18)17(2)12-14-6-8-19-9-7-14/h3-5,10,14H,6-9,11-12H2,1-2H3. The van der Waals surface area contributed by atoms with Crippen LogP contribution in [0.5, 0.6) is 0 Å². The number of carbonyl (C=O) groups is 1. The molecule has 0 radical (unpaired) electrons. The second-order valence-corrected chi connectivity index (χ2v) is 5.50. The van der Waals surface area contributed by atoms with Crippen molar-refractivity contribution >= 4 is 5.91 Å². The highest BCUT2D eigenvalue weighted by Crippen LogP contribution is 2.16. The Balaban J connectivity index is 1.84. The fraction of sp³-hybridized carbons (Fsp3) is 0.562. The van der Waals surface area contributed by atoms with Gasteiger partial charge in [-0.15, -0.1) is 0 Å². The molecule has 19 heavy (non-hydrogen) atoms. The fourth-order valence-electron chi connectivity index (χ4n) is 2.55. The van der Waals surface area contributed by atoms with Gasteiger partial charge in [-0.05, 0) is 31.2 Å². The maximum atomic E-state index is 12.2. The zero-order valence-corrected chi connectivity index (χ0v) is 11.9. The lowest BCUT2D eigenvalue weighted by Gasteiger charge is -2.27. The minimum Gasteiger partial charge on any atom is -0.381 e. The number of hydrogen-bond acceptors (Lipinski definition) is 2. The molecule has 1 heterocycles. The van der Waals surface area contributed by atoms with Crippen LogP contribution < -0.4 is 0 Å². The van der Waals surface area contributed by atoms with Crippen molar-refractivity contribution in [2.75, 3.05) is 26.8 Å². The third-order valence-electron chi connectivity index (χ3n) is 3.74. The van der Waals surface area contributed by atoms with Crippen LogP contribution in [0, 0.1) is 12.8 Å². The Morgan fingerprint density at radius 2 is 2.11 bits per heavy atom. The van der Waals surface area contributed by atoms with Gasteiger partial charge in [-0.2, -0.15) is 0 Å². The topological polar surface area (TPSA) is 29.5 Å². The molecule has 3 nitrogen and oxygen atoms in total. The number of nitrogens with zero attached hydrogens (tertiary/aromatic N) is 1. The summed E-state index contributed by atoms with van der Waals surface area (Å²) in [6, 6.07) is 8.17. The molecule has 0 aromatic heterocycles. The molecule has 104 valence electrons. The van der Waals surface area contributed by atoms with Gasteiger partial charge in [-0.1, -0.05) is 29.8 Å². The molecule has 1 aromatic carbocycles. The molecule has 0 unspecified atom stereocenters. The fourth-order valence-corrected chi connectivity index (χ4v) is 2.55. The highest BCUT2D eigenvalue weighted by Gasteiger charge is 2.18. The molecule has 1 aromatic rings. The van der Waals surface area contributed by atoms with Crippen molar-refractivity contribution in [1.29, 1.82) is 0 Å². The van der Waals surface area contributed by atoms with Crippen LogP contribution >= 0.6 is 0 Å². The van der Waals surface area contributed by atoms with Crippen LogP contribution in [0.25, 0.3) is 0 Å². The van der Waals surface area contributed by atoms with E-state index in [2.05, 4.69) is 19.1 Å². The van der Waals surface area contributed by atoms with Crippen molar-refractivity contribution in [1.82, 2.24) is 4.90 Å². The Hall–Kier alpha value is -1.35. The molecule has 1 saturated heterocycles. The maximum absolute atomic E-state index is 12.2. The number of hydrogen-bond donors (Lipinski definition) is 0. The molecule has 0 atom stereocenters. The van der Waals surface area contributed by atoms with Crippen molar-refractivity contribution in [3.63, 3.8) is 0 Å². The van der Waals surface area contributed by atoms with E-state index in [1.54, 1.807) is 0 Å². The molecule has 0 spiro atoms. The number of benzene rings is 1. The summed E-state index contributed by atoms with van der Waals surface area (Å²) in [5.41, 5.74) is 2.31. The van der Waals surface area contributed by atoms with Gasteiger partial charge in [0, 0.05) is 26.8 Å². The molecule has 1 aliphatic rings. The molecule has 3 heteroatoms. The molecule has 1 aliphatic heterocycles. The summed E-state index contributed by atoms with van der Waals surface area (Å²) >= 11 is 0. The SMILES string of the molecule is Cc1cccc(CC(=O)N(C)CC2CCOCC2)c1. The first-order chi connectivity index (χ1) is 9.15. The molecule has 1 amide bonds. The predicted molar refractivity (Wildman–Crippen MR) is 76.1 cm³/mol. The summed E-state index contributed by atoms with van der Waals surface area (Å²) in [6.45, 7) is 4.59. The lowest BCUT2D eigenvalue weighted by molar-refractivity contribution is -0.130. The zero-order chi connectivity index (χ0) is 13.7. The van der Waals surface area contributed by atoms with E-state index in [4.69, 9.17) is 4.74 Å². The molecular formula is C16H23NO2. The average molecular weight is 261 g/mol. The number of amides is 1. The van der Waals surface area contributed by atoms with Crippen LogP contribution in [0.3, 0.4) is 0 Å². The lowest BCUT2D eigenvalue weighted by Crippen LogP contribution is -2.35. The first-order valence-electron chi connectivity index (χ1n) is 7.02. The highest BCUT2D eigenvalue weighted by molar-refractivity contribution is 5.78. The highest BCUT2D eigenvalue weighted by atomic mass is 16.5. The van der Waals surface area contributed by atoms with E-state index in [0.717, 1.165) is 38.2 Å². The number of ether oxygens (including phenoxy) is 1. The quantitative estimate of drug-likeness (QED) is 0.833. The van der Waals surface area contributed by atoms with Gasteiger partial charge < -0.3 is 9.64 Å². The van der Waals surface area contributed by atoms with Gasteiger partial charge in [0.1, 0.15) is 0 Å².